The molecule has 1 aliphatic carbocycles. The van der Waals surface area contributed by atoms with Crippen molar-refractivity contribution in [1.82, 2.24) is 0 Å². The molecule has 0 bridgehead atoms. The van der Waals surface area contributed by atoms with Gasteiger partial charge in [-0.1, -0.05) is 13.8 Å². The van der Waals surface area contributed by atoms with Gasteiger partial charge < -0.3 is 9.84 Å². The van der Waals surface area contributed by atoms with Gasteiger partial charge in [0.05, 0.1) is 6.61 Å². The van der Waals surface area contributed by atoms with E-state index in [4.69, 9.17) is 4.74 Å². The summed E-state index contributed by atoms with van der Waals surface area (Å²) in [4.78, 5) is 0. The smallest absolute Gasteiger partial charge is 0.124 e. The minimum absolute atomic E-state index is 0.283. The maximum absolute atomic E-state index is 10.4. The average Bonchev–Trinajstić information content (AvgIpc) is 2.78. The van der Waals surface area contributed by atoms with Gasteiger partial charge in [0, 0.05) is 5.92 Å². The molecular weight excluding hydrogens is 176 g/mol. The van der Waals surface area contributed by atoms with Crippen LogP contribution < -0.4 is 0 Å². The second-order valence-corrected chi connectivity index (χ2v) is 5.45. The monoisotopic (exact) mass is 196 g/mol. The third-order valence-electron chi connectivity index (χ3n) is 3.63. The van der Waals surface area contributed by atoms with Crippen LogP contribution in [0.2, 0.25) is 0 Å². The molecule has 1 heterocycles. The zero-order valence-electron chi connectivity index (χ0n) is 9.34. The standard InChI is InChI=1S/C12H20O2/c1-11(2)8-9(11)12(3,13)10-6-4-5-7-14-10/h6,9,13H,4-5,7-8H2,1-3H3. The Kier molecular flexibility index (Phi) is 2.15. The summed E-state index contributed by atoms with van der Waals surface area (Å²) in [6, 6.07) is 0. The van der Waals surface area contributed by atoms with Gasteiger partial charge in [-0.25, -0.2) is 0 Å². The molecule has 2 atom stereocenters. The molecule has 1 fully saturated rings. The summed E-state index contributed by atoms with van der Waals surface area (Å²) >= 11 is 0. The lowest BCUT2D eigenvalue weighted by Gasteiger charge is -2.30. The predicted octanol–water partition coefficient (Wildman–Crippen LogP) is 2.48. The molecule has 2 aliphatic rings. The summed E-state index contributed by atoms with van der Waals surface area (Å²) in [6.45, 7) is 7.06. The first-order valence-corrected chi connectivity index (χ1v) is 5.50. The van der Waals surface area contributed by atoms with Gasteiger partial charge in [-0.2, -0.15) is 0 Å². The maximum Gasteiger partial charge on any atom is 0.124 e. The number of rotatable bonds is 2. The molecule has 0 saturated heterocycles. The van der Waals surface area contributed by atoms with Gasteiger partial charge in [-0.05, 0) is 37.7 Å². The van der Waals surface area contributed by atoms with Gasteiger partial charge >= 0.3 is 0 Å². The van der Waals surface area contributed by atoms with Crippen molar-refractivity contribution in [2.75, 3.05) is 6.61 Å². The summed E-state index contributed by atoms with van der Waals surface area (Å²) in [5.74, 6) is 1.17. The highest BCUT2D eigenvalue weighted by molar-refractivity contribution is 5.19. The molecule has 1 aliphatic heterocycles. The summed E-state index contributed by atoms with van der Waals surface area (Å²) in [5.41, 5.74) is -0.463. The van der Waals surface area contributed by atoms with Crippen molar-refractivity contribution < 1.29 is 9.84 Å². The first-order chi connectivity index (χ1) is 6.44. The summed E-state index contributed by atoms with van der Waals surface area (Å²) in [6.07, 6.45) is 5.27. The molecule has 2 rings (SSSR count). The second kappa shape index (κ2) is 2.99. The zero-order chi connectivity index (χ0) is 10.4. The van der Waals surface area contributed by atoms with Crippen LogP contribution in [0, 0.1) is 11.3 Å². The average molecular weight is 196 g/mol. The van der Waals surface area contributed by atoms with Crippen molar-refractivity contribution in [2.24, 2.45) is 11.3 Å². The Morgan fingerprint density at radius 3 is 2.64 bits per heavy atom. The molecule has 2 nitrogen and oxygen atoms in total. The van der Waals surface area contributed by atoms with E-state index >= 15 is 0 Å². The van der Waals surface area contributed by atoms with Crippen LogP contribution in [-0.4, -0.2) is 17.3 Å². The Hall–Kier alpha value is -0.500. The van der Waals surface area contributed by atoms with Crippen LogP contribution in [0.3, 0.4) is 0 Å². The first-order valence-electron chi connectivity index (χ1n) is 5.50. The number of aliphatic hydroxyl groups is 1. The first kappa shape index (κ1) is 10.0. The van der Waals surface area contributed by atoms with Crippen molar-refractivity contribution >= 4 is 0 Å². The molecule has 0 aromatic rings. The van der Waals surface area contributed by atoms with E-state index < -0.39 is 5.60 Å². The third kappa shape index (κ3) is 1.56. The molecule has 0 aromatic carbocycles. The minimum atomic E-state index is -0.746. The third-order valence-corrected chi connectivity index (χ3v) is 3.63. The number of allylic oxidation sites excluding steroid dienone is 1. The van der Waals surface area contributed by atoms with Gasteiger partial charge in [0.25, 0.3) is 0 Å². The molecule has 0 aromatic heterocycles. The van der Waals surface area contributed by atoms with Crippen LogP contribution in [0.25, 0.3) is 0 Å². The van der Waals surface area contributed by atoms with Gasteiger partial charge in [0.1, 0.15) is 11.4 Å². The maximum atomic E-state index is 10.4. The highest BCUT2D eigenvalue weighted by Gasteiger charge is 2.57. The molecule has 1 N–H and O–H groups in total. The number of hydrogen-bond acceptors (Lipinski definition) is 2. The molecule has 0 radical (unpaired) electrons. The Balaban J connectivity index is 2.12. The summed E-state index contributed by atoms with van der Waals surface area (Å²) in [5, 5.41) is 10.4. The highest BCUT2D eigenvalue weighted by Crippen LogP contribution is 2.59. The van der Waals surface area contributed by atoms with E-state index in [1.54, 1.807) is 0 Å². The fourth-order valence-corrected chi connectivity index (χ4v) is 2.51. The van der Waals surface area contributed by atoms with E-state index in [1.165, 1.54) is 0 Å². The summed E-state index contributed by atoms with van der Waals surface area (Å²) in [7, 11) is 0. The molecule has 80 valence electrons. The fraction of sp³-hybridized carbons (Fsp3) is 0.833. The van der Waals surface area contributed by atoms with Crippen LogP contribution >= 0.6 is 0 Å². The van der Waals surface area contributed by atoms with Crippen molar-refractivity contribution in [2.45, 2.75) is 45.6 Å². The Morgan fingerprint density at radius 2 is 2.21 bits per heavy atom. The van der Waals surface area contributed by atoms with E-state index in [0.717, 1.165) is 31.6 Å². The molecule has 2 heteroatoms. The lowest BCUT2D eigenvalue weighted by molar-refractivity contribution is -0.00656. The predicted molar refractivity (Wildman–Crippen MR) is 55.8 cm³/mol. The Labute approximate surface area is 86.0 Å². The highest BCUT2D eigenvalue weighted by atomic mass is 16.5. The van der Waals surface area contributed by atoms with E-state index in [1.807, 2.05) is 6.92 Å². The van der Waals surface area contributed by atoms with E-state index in [0.29, 0.717) is 5.92 Å². The van der Waals surface area contributed by atoms with Gasteiger partial charge in [0.2, 0.25) is 0 Å². The molecule has 1 saturated carbocycles. The van der Waals surface area contributed by atoms with Gasteiger partial charge in [0.15, 0.2) is 0 Å². The van der Waals surface area contributed by atoms with Crippen molar-refractivity contribution in [3.63, 3.8) is 0 Å². The molecule has 0 amide bonds. The molecular formula is C12H20O2. The van der Waals surface area contributed by atoms with Crippen molar-refractivity contribution in [3.8, 4) is 0 Å². The van der Waals surface area contributed by atoms with Crippen LogP contribution in [-0.2, 0) is 4.74 Å². The minimum Gasteiger partial charge on any atom is -0.495 e. The zero-order valence-corrected chi connectivity index (χ0v) is 9.34. The van der Waals surface area contributed by atoms with Crippen molar-refractivity contribution in [3.05, 3.63) is 11.8 Å². The van der Waals surface area contributed by atoms with Crippen LogP contribution in [0.1, 0.15) is 40.0 Å². The topological polar surface area (TPSA) is 29.5 Å². The number of ether oxygens (including phenoxy) is 1. The van der Waals surface area contributed by atoms with E-state index in [-0.39, 0.29) is 5.41 Å². The second-order valence-electron chi connectivity index (χ2n) is 5.45. The Morgan fingerprint density at radius 1 is 1.57 bits per heavy atom. The quantitative estimate of drug-likeness (QED) is 0.735. The number of hydrogen-bond donors (Lipinski definition) is 1. The summed E-state index contributed by atoms with van der Waals surface area (Å²) < 4.78 is 5.55. The Bertz CT molecular complexity index is 263. The molecule has 0 spiro atoms. The lowest BCUT2D eigenvalue weighted by Crippen LogP contribution is -2.34. The normalized spacial score (nSPS) is 34.0. The largest absolute Gasteiger partial charge is 0.495 e. The van der Waals surface area contributed by atoms with E-state index in [9.17, 15) is 5.11 Å². The van der Waals surface area contributed by atoms with Gasteiger partial charge in [-0.3, -0.25) is 0 Å². The van der Waals surface area contributed by atoms with Crippen molar-refractivity contribution in [1.29, 1.82) is 0 Å². The van der Waals surface area contributed by atoms with Crippen LogP contribution in [0.5, 0.6) is 0 Å². The lowest BCUT2D eigenvalue weighted by atomic mass is 9.91. The molecule has 2 unspecified atom stereocenters. The SMILES string of the molecule is CC1(C)CC1C(C)(O)C1=CCCCO1. The molecule has 14 heavy (non-hydrogen) atoms. The van der Waals surface area contributed by atoms with Crippen LogP contribution in [0.4, 0.5) is 0 Å². The van der Waals surface area contributed by atoms with E-state index in [2.05, 4.69) is 19.9 Å². The van der Waals surface area contributed by atoms with Crippen LogP contribution in [0.15, 0.2) is 11.8 Å². The fourth-order valence-electron chi connectivity index (χ4n) is 2.51. The van der Waals surface area contributed by atoms with Gasteiger partial charge in [-0.15, -0.1) is 0 Å².